The zero-order chi connectivity index (χ0) is 25.5. The Kier molecular flexibility index (Phi) is 8.93. The van der Waals surface area contributed by atoms with E-state index in [1.54, 1.807) is 30.3 Å². The molecule has 0 aliphatic rings. The van der Waals surface area contributed by atoms with Crippen LogP contribution in [-0.2, 0) is 9.53 Å². The summed E-state index contributed by atoms with van der Waals surface area (Å²) in [5.74, 6) is 0.529. The molecule has 0 saturated heterocycles. The van der Waals surface area contributed by atoms with Gasteiger partial charge in [-0.15, -0.1) is 0 Å². The number of ether oxygens (including phenoxy) is 5. The normalized spacial score (nSPS) is 12.5. The zero-order valence-corrected chi connectivity index (χ0v) is 20.7. The number of nitrogens with zero attached hydrogens (tertiary/aromatic N) is 1. The fraction of sp³-hybridized carbons (Fsp3) is 0.385. The molecule has 2 rings (SSSR count). The summed E-state index contributed by atoms with van der Waals surface area (Å²) in [7, 11) is 6.08. The number of allylic oxidation sites excluding steroid dienone is 1. The van der Waals surface area contributed by atoms with Crippen molar-refractivity contribution in [3.63, 3.8) is 0 Å². The summed E-state index contributed by atoms with van der Waals surface area (Å²) < 4.78 is 27.7. The van der Waals surface area contributed by atoms with Gasteiger partial charge in [0.15, 0.2) is 11.5 Å². The van der Waals surface area contributed by atoms with Gasteiger partial charge in [-0.1, -0.05) is 6.07 Å². The third-order valence-corrected chi connectivity index (χ3v) is 5.13. The summed E-state index contributed by atoms with van der Waals surface area (Å²) in [5.41, 5.74) is 7.77. The highest BCUT2D eigenvalue weighted by molar-refractivity contribution is 5.86. The smallest absolute Gasteiger partial charge is 0.227 e. The molecule has 0 saturated carbocycles. The first-order valence-corrected chi connectivity index (χ1v) is 10.6. The largest absolute Gasteiger partial charge is 0.496 e. The number of hydrogen-bond acceptors (Lipinski definition) is 7. The summed E-state index contributed by atoms with van der Waals surface area (Å²) >= 11 is 0. The summed E-state index contributed by atoms with van der Waals surface area (Å²) in [5, 5.41) is 9.52. The highest BCUT2D eigenvalue weighted by Gasteiger charge is 2.26. The lowest BCUT2D eigenvalue weighted by atomic mass is 9.91. The molecule has 0 fully saturated rings. The molecule has 0 bridgehead atoms. The van der Waals surface area contributed by atoms with Crippen LogP contribution < -0.4 is 24.7 Å². The number of benzene rings is 2. The SMILES string of the molecule is COc1ccc(C(=CC#N)c2cc(OC)c(OC)c(OC)c2)cc1C(COC(C)(C)C)C(N)=O. The summed E-state index contributed by atoms with van der Waals surface area (Å²) in [6.45, 7) is 5.78. The molecule has 0 aliphatic carbocycles. The number of carbonyl (C=O) groups is 1. The van der Waals surface area contributed by atoms with E-state index in [0.717, 1.165) is 0 Å². The van der Waals surface area contributed by atoms with Gasteiger partial charge in [0.25, 0.3) is 0 Å². The van der Waals surface area contributed by atoms with Gasteiger partial charge in [-0.3, -0.25) is 4.79 Å². The fourth-order valence-electron chi connectivity index (χ4n) is 3.47. The van der Waals surface area contributed by atoms with E-state index in [4.69, 9.17) is 29.4 Å². The van der Waals surface area contributed by atoms with E-state index in [1.807, 2.05) is 20.8 Å². The zero-order valence-electron chi connectivity index (χ0n) is 20.7. The monoisotopic (exact) mass is 468 g/mol. The number of amides is 1. The Labute approximate surface area is 200 Å². The van der Waals surface area contributed by atoms with Crippen LogP contribution >= 0.6 is 0 Å². The van der Waals surface area contributed by atoms with Crippen molar-refractivity contribution in [2.75, 3.05) is 35.0 Å². The summed E-state index contributed by atoms with van der Waals surface area (Å²) in [6.07, 6.45) is 1.41. The van der Waals surface area contributed by atoms with Crippen molar-refractivity contribution in [3.05, 3.63) is 53.1 Å². The Balaban J connectivity index is 2.68. The number of nitriles is 1. The van der Waals surface area contributed by atoms with E-state index in [1.165, 1.54) is 34.5 Å². The van der Waals surface area contributed by atoms with Gasteiger partial charge in [-0.05, 0) is 61.7 Å². The topological polar surface area (TPSA) is 113 Å². The van der Waals surface area contributed by atoms with Gasteiger partial charge < -0.3 is 29.4 Å². The van der Waals surface area contributed by atoms with E-state index in [-0.39, 0.29) is 6.61 Å². The lowest BCUT2D eigenvalue weighted by molar-refractivity contribution is -0.122. The Morgan fingerprint density at radius 3 is 2.00 bits per heavy atom. The third-order valence-electron chi connectivity index (χ3n) is 5.13. The van der Waals surface area contributed by atoms with Crippen LogP contribution in [0.3, 0.4) is 0 Å². The van der Waals surface area contributed by atoms with Crippen molar-refractivity contribution >= 4 is 11.5 Å². The predicted octanol–water partition coefficient (Wildman–Crippen LogP) is 4.06. The maximum absolute atomic E-state index is 12.4. The van der Waals surface area contributed by atoms with Crippen molar-refractivity contribution in [1.82, 2.24) is 0 Å². The number of rotatable bonds is 10. The van der Waals surface area contributed by atoms with E-state index in [9.17, 15) is 10.1 Å². The highest BCUT2D eigenvalue weighted by atomic mass is 16.5. The molecule has 8 nitrogen and oxygen atoms in total. The standard InChI is InChI=1S/C26H32N2O6/c1-26(2,3)34-15-20(25(28)29)19-12-16(8-9-21(19)30-4)18(10-11-27)17-13-22(31-5)24(33-7)23(14-17)32-6/h8-10,12-14,20H,15H2,1-7H3,(H2,28,29). The third kappa shape index (κ3) is 6.21. The Morgan fingerprint density at radius 1 is 0.971 bits per heavy atom. The Morgan fingerprint density at radius 2 is 1.56 bits per heavy atom. The maximum atomic E-state index is 12.4. The molecule has 0 aromatic heterocycles. The number of methoxy groups -OCH3 is 4. The number of primary amides is 1. The molecule has 0 heterocycles. The van der Waals surface area contributed by atoms with Gasteiger partial charge in [0.1, 0.15) is 5.75 Å². The second-order valence-corrected chi connectivity index (χ2v) is 8.44. The molecule has 1 unspecified atom stereocenters. The van der Waals surface area contributed by atoms with Crippen LogP contribution in [-0.4, -0.2) is 46.6 Å². The lowest BCUT2D eigenvalue weighted by Gasteiger charge is -2.24. The van der Waals surface area contributed by atoms with Crippen molar-refractivity contribution in [1.29, 1.82) is 5.26 Å². The van der Waals surface area contributed by atoms with Crippen LogP contribution in [0, 0.1) is 11.3 Å². The first kappa shape index (κ1) is 26.6. The average molecular weight is 469 g/mol. The van der Waals surface area contributed by atoms with Crippen molar-refractivity contribution < 1.29 is 28.5 Å². The van der Waals surface area contributed by atoms with Crippen molar-refractivity contribution in [2.45, 2.75) is 32.3 Å². The van der Waals surface area contributed by atoms with Gasteiger partial charge in [-0.25, -0.2) is 0 Å². The van der Waals surface area contributed by atoms with E-state index in [2.05, 4.69) is 6.07 Å². The molecular formula is C26H32N2O6. The molecule has 1 atom stereocenters. The second-order valence-electron chi connectivity index (χ2n) is 8.44. The molecule has 0 radical (unpaired) electrons. The van der Waals surface area contributed by atoms with E-state index in [0.29, 0.717) is 45.3 Å². The molecule has 34 heavy (non-hydrogen) atoms. The molecule has 2 N–H and O–H groups in total. The second kappa shape index (κ2) is 11.4. The molecule has 182 valence electrons. The van der Waals surface area contributed by atoms with Crippen LogP contribution in [0.5, 0.6) is 23.0 Å². The number of hydrogen-bond donors (Lipinski definition) is 1. The van der Waals surface area contributed by atoms with Crippen LogP contribution in [0.4, 0.5) is 0 Å². The van der Waals surface area contributed by atoms with Crippen molar-refractivity contribution in [2.24, 2.45) is 5.73 Å². The Bertz CT molecular complexity index is 1070. The molecule has 2 aromatic rings. The van der Waals surface area contributed by atoms with Gasteiger partial charge in [0.05, 0.1) is 52.6 Å². The van der Waals surface area contributed by atoms with E-state index < -0.39 is 17.4 Å². The first-order valence-electron chi connectivity index (χ1n) is 10.6. The maximum Gasteiger partial charge on any atom is 0.227 e. The fourth-order valence-corrected chi connectivity index (χ4v) is 3.47. The van der Waals surface area contributed by atoms with Crippen LogP contribution in [0.1, 0.15) is 43.4 Å². The van der Waals surface area contributed by atoms with Gasteiger partial charge in [-0.2, -0.15) is 5.26 Å². The van der Waals surface area contributed by atoms with Crippen molar-refractivity contribution in [3.8, 4) is 29.1 Å². The van der Waals surface area contributed by atoms with Gasteiger partial charge in [0.2, 0.25) is 11.7 Å². The van der Waals surface area contributed by atoms with Crippen LogP contribution in [0.2, 0.25) is 0 Å². The van der Waals surface area contributed by atoms with Gasteiger partial charge >= 0.3 is 0 Å². The minimum absolute atomic E-state index is 0.0835. The first-order chi connectivity index (χ1) is 16.1. The molecule has 0 aliphatic heterocycles. The quantitative estimate of drug-likeness (QED) is 0.523. The summed E-state index contributed by atoms with van der Waals surface area (Å²) in [4.78, 5) is 12.4. The highest BCUT2D eigenvalue weighted by Crippen LogP contribution is 2.42. The van der Waals surface area contributed by atoms with Crippen LogP contribution in [0.25, 0.3) is 5.57 Å². The van der Waals surface area contributed by atoms with Crippen LogP contribution in [0.15, 0.2) is 36.4 Å². The summed E-state index contributed by atoms with van der Waals surface area (Å²) in [6, 6.07) is 10.9. The Hall–Kier alpha value is -3.70. The molecule has 2 aromatic carbocycles. The molecule has 8 heteroatoms. The average Bonchev–Trinajstić information content (AvgIpc) is 2.80. The van der Waals surface area contributed by atoms with Gasteiger partial charge in [0, 0.05) is 11.6 Å². The predicted molar refractivity (Wildman–Crippen MR) is 129 cm³/mol. The molecule has 1 amide bonds. The number of nitrogens with two attached hydrogens (primary N) is 1. The number of carbonyl (C=O) groups excluding carboxylic acids is 1. The molecular weight excluding hydrogens is 436 g/mol. The van der Waals surface area contributed by atoms with E-state index >= 15 is 0 Å². The minimum Gasteiger partial charge on any atom is -0.496 e. The lowest BCUT2D eigenvalue weighted by Crippen LogP contribution is -2.30. The molecule has 0 spiro atoms. The minimum atomic E-state index is -0.752.